The van der Waals surface area contributed by atoms with Crippen molar-refractivity contribution in [1.29, 1.82) is 0 Å². The second-order valence-electron chi connectivity index (χ2n) is 8.11. The predicted molar refractivity (Wildman–Crippen MR) is 124 cm³/mol. The van der Waals surface area contributed by atoms with Gasteiger partial charge in [0, 0.05) is 6.20 Å². The largest absolute Gasteiger partial charge is 0.451 e. The summed E-state index contributed by atoms with van der Waals surface area (Å²) in [6.45, 7) is 2.41. The summed E-state index contributed by atoms with van der Waals surface area (Å²) in [7, 11) is 0. The number of aromatic nitrogens is 3. The molecule has 2 aliphatic heterocycles. The number of hydrogen-bond acceptors (Lipinski definition) is 6. The number of carbonyl (C=O) groups is 2. The molecule has 32 heavy (non-hydrogen) atoms. The molecule has 4 atom stereocenters. The van der Waals surface area contributed by atoms with Gasteiger partial charge in [0.25, 0.3) is 0 Å². The fourth-order valence-electron chi connectivity index (χ4n) is 4.36. The zero-order chi connectivity index (χ0) is 22.3. The first-order valence-corrected chi connectivity index (χ1v) is 12.1. The third-order valence-corrected chi connectivity index (χ3v) is 8.75. The van der Waals surface area contributed by atoms with Crippen LogP contribution in [0.25, 0.3) is 0 Å². The Labute approximate surface area is 198 Å². The summed E-state index contributed by atoms with van der Waals surface area (Å²) in [5, 5.41) is 7.82. The molecule has 0 N–H and O–H groups in total. The Balaban J connectivity index is 1.48. The molecule has 0 unspecified atom stereocenters. The maximum Gasteiger partial charge on any atom is 0.331 e. The minimum atomic E-state index is -0.738. The number of hydrogen-bond donors (Lipinski definition) is 0. The number of amides is 1. The lowest BCUT2D eigenvalue weighted by atomic mass is 9.95. The summed E-state index contributed by atoms with van der Waals surface area (Å²) in [5.41, 5.74) is 1.75. The minimum absolute atomic E-state index is 0.0947. The number of halogens is 1. The van der Waals surface area contributed by atoms with Crippen LogP contribution in [0.5, 0.6) is 0 Å². The number of esters is 1. The predicted octanol–water partition coefficient (Wildman–Crippen LogP) is 3.42. The van der Waals surface area contributed by atoms with Crippen LogP contribution in [0.4, 0.5) is 0 Å². The van der Waals surface area contributed by atoms with E-state index in [-0.39, 0.29) is 16.1 Å². The molecule has 5 rings (SSSR count). The Morgan fingerprint density at radius 1 is 1.16 bits per heavy atom. The van der Waals surface area contributed by atoms with Gasteiger partial charge in [-0.3, -0.25) is 9.48 Å². The van der Waals surface area contributed by atoms with Crippen LogP contribution in [-0.2, 0) is 20.9 Å². The molecule has 1 amide bonds. The first kappa shape index (κ1) is 21.2. The number of β-lactam (4-membered cyclic amide) rings is 1. The lowest BCUT2D eigenvalue weighted by molar-refractivity contribution is -0.163. The lowest BCUT2D eigenvalue weighted by Gasteiger charge is -2.41. The molecular weight excluding hydrogens is 492 g/mol. The monoisotopic (exact) mass is 512 g/mol. The first-order valence-electron chi connectivity index (χ1n) is 10.3. The molecule has 7 nitrogen and oxygen atoms in total. The van der Waals surface area contributed by atoms with Gasteiger partial charge in [-0.25, -0.2) is 4.79 Å². The van der Waals surface area contributed by atoms with E-state index in [9.17, 15) is 9.59 Å². The maximum absolute atomic E-state index is 13.7. The SMILES string of the molecule is C[C@@]1(Cn2ccnn2)S[C@H]2[C@@H](Br)C(=O)N2[C@H]1C(=O)OC(c1ccccc1)c1ccccc1. The van der Waals surface area contributed by atoms with Gasteiger partial charge in [-0.15, -0.1) is 16.9 Å². The van der Waals surface area contributed by atoms with Crippen LogP contribution in [0.3, 0.4) is 0 Å². The molecule has 0 radical (unpaired) electrons. The highest BCUT2D eigenvalue weighted by Gasteiger charge is 2.65. The summed E-state index contributed by atoms with van der Waals surface area (Å²) in [5.74, 6) is -0.518. The molecule has 1 aromatic heterocycles. The van der Waals surface area contributed by atoms with Gasteiger partial charge in [-0.2, -0.15) is 0 Å². The highest BCUT2D eigenvalue weighted by Crippen LogP contribution is 2.54. The highest BCUT2D eigenvalue weighted by molar-refractivity contribution is 9.10. The molecule has 3 aromatic rings. The molecule has 0 bridgehead atoms. The maximum atomic E-state index is 13.7. The molecular formula is C23H21BrN4O3S. The van der Waals surface area contributed by atoms with Crippen molar-refractivity contribution >= 4 is 39.6 Å². The van der Waals surface area contributed by atoms with Crippen molar-refractivity contribution in [3.05, 3.63) is 84.2 Å². The van der Waals surface area contributed by atoms with E-state index in [1.807, 2.05) is 67.6 Å². The molecule has 2 fully saturated rings. The summed E-state index contributed by atoms with van der Waals surface area (Å²) >= 11 is 5.06. The first-order chi connectivity index (χ1) is 15.5. The summed E-state index contributed by atoms with van der Waals surface area (Å²) < 4.78 is 7.22. The Morgan fingerprint density at radius 3 is 2.34 bits per heavy atom. The van der Waals surface area contributed by atoms with E-state index in [1.165, 1.54) is 0 Å². The van der Waals surface area contributed by atoms with Crippen molar-refractivity contribution in [3.8, 4) is 0 Å². The molecule has 0 aliphatic carbocycles. The number of alkyl halides is 1. The number of rotatable bonds is 6. The van der Waals surface area contributed by atoms with Crippen molar-refractivity contribution in [2.45, 2.75) is 40.6 Å². The van der Waals surface area contributed by atoms with Crippen LogP contribution < -0.4 is 0 Å². The van der Waals surface area contributed by atoms with Gasteiger partial charge in [-0.05, 0) is 18.1 Å². The molecule has 0 saturated carbocycles. The Bertz CT molecular complexity index is 1080. The lowest BCUT2D eigenvalue weighted by Crippen LogP contribution is -2.64. The number of carbonyl (C=O) groups excluding carboxylic acids is 2. The molecule has 2 saturated heterocycles. The van der Waals surface area contributed by atoms with Gasteiger partial charge in [0.2, 0.25) is 5.91 Å². The standard InChI is InChI=1S/C23H21BrN4O3S/c1-23(14-27-13-12-25-26-27)19(28-20(29)17(24)21(28)32-23)22(30)31-18(15-8-4-2-5-9-15)16-10-6-3-7-11-16/h2-13,17-19,21H,14H2,1H3/t17-,19-,21-,23-/m0/s1. The van der Waals surface area contributed by atoms with Crippen LogP contribution in [0.2, 0.25) is 0 Å². The van der Waals surface area contributed by atoms with E-state index in [1.54, 1.807) is 33.7 Å². The number of ether oxygens (including phenoxy) is 1. The second-order valence-corrected chi connectivity index (χ2v) is 10.7. The van der Waals surface area contributed by atoms with Crippen molar-refractivity contribution in [3.63, 3.8) is 0 Å². The van der Waals surface area contributed by atoms with Gasteiger partial charge >= 0.3 is 5.97 Å². The third-order valence-electron chi connectivity index (χ3n) is 5.87. The van der Waals surface area contributed by atoms with Gasteiger partial charge in [0.05, 0.1) is 17.5 Å². The third kappa shape index (κ3) is 3.63. The van der Waals surface area contributed by atoms with Gasteiger partial charge in [-0.1, -0.05) is 81.8 Å². The Hall–Kier alpha value is -2.65. The zero-order valence-corrected chi connectivity index (χ0v) is 19.6. The summed E-state index contributed by atoms with van der Waals surface area (Å²) in [6.07, 6.45) is 2.79. The average molecular weight is 513 g/mol. The van der Waals surface area contributed by atoms with E-state index < -0.39 is 22.9 Å². The van der Waals surface area contributed by atoms with Gasteiger partial charge < -0.3 is 9.64 Å². The Morgan fingerprint density at radius 2 is 1.78 bits per heavy atom. The quantitative estimate of drug-likeness (QED) is 0.286. The van der Waals surface area contributed by atoms with Gasteiger partial charge in [0.1, 0.15) is 16.2 Å². The molecule has 164 valence electrons. The van der Waals surface area contributed by atoms with Crippen LogP contribution in [0.15, 0.2) is 73.1 Å². The number of nitrogens with zero attached hydrogens (tertiary/aromatic N) is 4. The molecule has 9 heteroatoms. The van der Waals surface area contributed by atoms with E-state index in [0.717, 1.165) is 11.1 Å². The smallest absolute Gasteiger partial charge is 0.331 e. The van der Waals surface area contributed by atoms with E-state index >= 15 is 0 Å². The van der Waals surface area contributed by atoms with E-state index in [2.05, 4.69) is 26.2 Å². The van der Waals surface area contributed by atoms with Crippen LogP contribution in [-0.4, -0.2) is 52.8 Å². The fraction of sp³-hybridized carbons (Fsp3) is 0.304. The molecule has 2 aliphatic rings. The topological polar surface area (TPSA) is 77.3 Å². The molecule has 2 aromatic carbocycles. The Kier molecular flexibility index (Phi) is 5.54. The molecule has 3 heterocycles. The van der Waals surface area contributed by atoms with E-state index in [4.69, 9.17) is 4.74 Å². The number of benzene rings is 2. The fourth-order valence-corrected chi connectivity index (χ4v) is 6.85. The normalized spacial score (nSPS) is 26.7. The minimum Gasteiger partial charge on any atom is -0.451 e. The van der Waals surface area contributed by atoms with E-state index in [0.29, 0.717) is 6.54 Å². The van der Waals surface area contributed by atoms with Crippen molar-refractivity contribution < 1.29 is 14.3 Å². The highest BCUT2D eigenvalue weighted by atomic mass is 79.9. The van der Waals surface area contributed by atoms with Crippen LogP contribution >= 0.6 is 27.7 Å². The van der Waals surface area contributed by atoms with Crippen molar-refractivity contribution in [1.82, 2.24) is 19.9 Å². The van der Waals surface area contributed by atoms with Crippen LogP contribution in [0.1, 0.15) is 24.2 Å². The number of fused-ring (bicyclic) bond motifs is 1. The zero-order valence-electron chi connectivity index (χ0n) is 17.2. The van der Waals surface area contributed by atoms with Crippen LogP contribution in [0, 0.1) is 0 Å². The van der Waals surface area contributed by atoms with Gasteiger partial charge in [0.15, 0.2) is 6.10 Å². The summed E-state index contributed by atoms with van der Waals surface area (Å²) in [4.78, 5) is 27.7. The van der Waals surface area contributed by atoms with Crippen molar-refractivity contribution in [2.75, 3.05) is 0 Å². The second kappa shape index (κ2) is 8.37. The van der Waals surface area contributed by atoms with Crippen molar-refractivity contribution in [2.24, 2.45) is 0 Å². The average Bonchev–Trinajstić information content (AvgIpc) is 3.42. The number of thioether (sulfide) groups is 1. The molecule has 0 spiro atoms. The summed E-state index contributed by atoms with van der Waals surface area (Å²) in [6, 6.07) is 18.6.